The summed E-state index contributed by atoms with van der Waals surface area (Å²) in [4.78, 5) is 17.5. The number of carbonyl (C=O) groups excluding carboxylic acids is 1. The molecule has 1 atom stereocenters. The van der Waals surface area contributed by atoms with Gasteiger partial charge in [0.05, 0.1) is 18.7 Å². The Morgan fingerprint density at radius 2 is 1.19 bits per heavy atom. The van der Waals surface area contributed by atoms with Crippen LogP contribution in [0.1, 0.15) is 28.7 Å². The van der Waals surface area contributed by atoms with Crippen LogP contribution in [0.25, 0.3) is 0 Å². The standard InChI is InChI=1S/C27H27N3O/c28-20-25(22-10-4-1-5-11-22)26(31)21-29-16-18-30(19-17-29)27(23-12-6-2-7-13-23)24-14-8-3-9-15-24/h1-15,25,27H,16-19,21H2/t25-/m1/s1. The summed E-state index contributed by atoms with van der Waals surface area (Å²) in [7, 11) is 0. The van der Waals surface area contributed by atoms with Crippen LogP contribution in [0.15, 0.2) is 91.0 Å². The third kappa shape index (κ3) is 5.08. The van der Waals surface area contributed by atoms with Gasteiger partial charge >= 0.3 is 0 Å². The number of hydrogen-bond donors (Lipinski definition) is 0. The van der Waals surface area contributed by atoms with Crippen molar-refractivity contribution in [3.05, 3.63) is 108 Å². The van der Waals surface area contributed by atoms with Crippen molar-refractivity contribution in [3.8, 4) is 6.07 Å². The summed E-state index contributed by atoms with van der Waals surface area (Å²) >= 11 is 0. The smallest absolute Gasteiger partial charge is 0.168 e. The van der Waals surface area contributed by atoms with Crippen LogP contribution in [0, 0.1) is 11.3 Å². The summed E-state index contributed by atoms with van der Waals surface area (Å²) in [6.45, 7) is 3.71. The summed E-state index contributed by atoms with van der Waals surface area (Å²) in [5.74, 6) is -0.717. The molecule has 3 aromatic rings. The second-order valence-electron chi connectivity index (χ2n) is 7.98. The molecule has 3 aromatic carbocycles. The Balaban J connectivity index is 1.42. The van der Waals surface area contributed by atoms with Crippen LogP contribution in [0.2, 0.25) is 0 Å². The first-order valence-electron chi connectivity index (χ1n) is 10.8. The molecule has 0 amide bonds. The van der Waals surface area contributed by atoms with Crippen LogP contribution in [-0.2, 0) is 4.79 Å². The second-order valence-corrected chi connectivity index (χ2v) is 7.98. The zero-order valence-electron chi connectivity index (χ0n) is 17.6. The zero-order chi connectivity index (χ0) is 21.5. The fraction of sp³-hybridized carbons (Fsp3) is 0.259. The summed E-state index contributed by atoms with van der Waals surface area (Å²) in [5, 5.41) is 9.55. The molecule has 0 unspecified atom stereocenters. The summed E-state index contributed by atoms with van der Waals surface area (Å²) in [5.41, 5.74) is 3.35. The first-order valence-corrected chi connectivity index (χ1v) is 10.8. The number of Topliss-reactive ketones (excluding diaryl/α,β-unsaturated/α-hetero) is 1. The van der Waals surface area contributed by atoms with Gasteiger partial charge in [0, 0.05) is 26.2 Å². The fourth-order valence-corrected chi connectivity index (χ4v) is 4.35. The molecule has 0 aromatic heterocycles. The molecule has 0 bridgehead atoms. The van der Waals surface area contributed by atoms with Crippen molar-refractivity contribution in [1.82, 2.24) is 9.80 Å². The van der Waals surface area contributed by atoms with Gasteiger partial charge in [-0.1, -0.05) is 91.0 Å². The van der Waals surface area contributed by atoms with E-state index in [0.717, 1.165) is 31.7 Å². The maximum Gasteiger partial charge on any atom is 0.168 e. The summed E-state index contributed by atoms with van der Waals surface area (Å²) in [6.07, 6.45) is 0. The van der Waals surface area contributed by atoms with Crippen LogP contribution in [-0.4, -0.2) is 48.3 Å². The fourth-order valence-electron chi connectivity index (χ4n) is 4.35. The highest BCUT2D eigenvalue weighted by atomic mass is 16.1. The van der Waals surface area contributed by atoms with E-state index in [4.69, 9.17) is 0 Å². The third-order valence-electron chi connectivity index (χ3n) is 5.97. The summed E-state index contributed by atoms with van der Waals surface area (Å²) < 4.78 is 0. The predicted octanol–water partition coefficient (Wildman–Crippen LogP) is 4.27. The number of piperazine rings is 1. The van der Waals surface area contributed by atoms with Gasteiger partial charge in [0.25, 0.3) is 0 Å². The Morgan fingerprint density at radius 3 is 1.65 bits per heavy atom. The van der Waals surface area contributed by atoms with Crippen LogP contribution < -0.4 is 0 Å². The molecule has 0 spiro atoms. The largest absolute Gasteiger partial charge is 0.296 e. The first kappa shape index (κ1) is 21.0. The minimum Gasteiger partial charge on any atom is -0.296 e. The van der Waals surface area contributed by atoms with E-state index in [0.29, 0.717) is 6.54 Å². The van der Waals surface area contributed by atoms with E-state index < -0.39 is 5.92 Å². The molecule has 4 nitrogen and oxygen atoms in total. The normalized spacial score (nSPS) is 16.0. The molecular formula is C27H27N3O. The number of nitrogens with zero attached hydrogens (tertiary/aromatic N) is 3. The number of benzene rings is 3. The SMILES string of the molecule is N#C[C@@H](C(=O)CN1CCN(C(c2ccccc2)c2ccccc2)CC1)c1ccccc1. The van der Waals surface area contributed by atoms with E-state index in [1.807, 2.05) is 42.5 Å². The molecule has 0 aliphatic carbocycles. The van der Waals surface area contributed by atoms with E-state index >= 15 is 0 Å². The highest BCUT2D eigenvalue weighted by Gasteiger charge is 2.28. The summed E-state index contributed by atoms with van der Waals surface area (Å²) in [6, 6.07) is 33.0. The van der Waals surface area contributed by atoms with Crippen molar-refractivity contribution in [2.24, 2.45) is 0 Å². The highest BCUT2D eigenvalue weighted by Crippen LogP contribution is 2.29. The Morgan fingerprint density at radius 1 is 0.742 bits per heavy atom. The van der Waals surface area contributed by atoms with Crippen LogP contribution >= 0.6 is 0 Å². The maximum atomic E-state index is 12.8. The Bertz CT molecular complexity index is 967. The van der Waals surface area contributed by atoms with E-state index in [1.165, 1.54) is 11.1 Å². The predicted molar refractivity (Wildman–Crippen MR) is 123 cm³/mol. The van der Waals surface area contributed by atoms with Gasteiger partial charge in [-0.25, -0.2) is 0 Å². The number of nitriles is 1. The van der Waals surface area contributed by atoms with Crippen molar-refractivity contribution in [2.45, 2.75) is 12.0 Å². The van der Waals surface area contributed by atoms with Crippen molar-refractivity contribution >= 4 is 5.78 Å². The van der Waals surface area contributed by atoms with Gasteiger partial charge in [-0.05, 0) is 16.7 Å². The quantitative estimate of drug-likeness (QED) is 0.585. The minimum atomic E-state index is -0.694. The zero-order valence-corrected chi connectivity index (χ0v) is 17.6. The van der Waals surface area contributed by atoms with Gasteiger partial charge < -0.3 is 0 Å². The number of carbonyl (C=O) groups is 1. The minimum absolute atomic E-state index is 0.0233. The lowest BCUT2D eigenvalue weighted by Crippen LogP contribution is -2.49. The molecule has 1 saturated heterocycles. The average molecular weight is 410 g/mol. The topological polar surface area (TPSA) is 47.3 Å². The molecule has 0 saturated carbocycles. The molecule has 1 aliphatic rings. The van der Waals surface area contributed by atoms with Crippen molar-refractivity contribution in [1.29, 1.82) is 5.26 Å². The third-order valence-corrected chi connectivity index (χ3v) is 5.97. The van der Waals surface area contributed by atoms with E-state index in [1.54, 1.807) is 0 Å². The molecule has 1 fully saturated rings. The molecule has 4 heteroatoms. The second kappa shape index (κ2) is 10.2. The van der Waals surface area contributed by atoms with E-state index in [-0.39, 0.29) is 11.8 Å². The van der Waals surface area contributed by atoms with Gasteiger partial charge in [0.2, 0.25) is 0 Å². The van der Waals surface area contributed by atoms with Crippen molar-refractivity contribution < 1.29 is 4.79 Å². The first-order chi connectivity index (χ1) is 15.3. The van der Waals surface area contributed by atoms with Gasteiger partial charge in [0.1, 0.15) is 5.92 Å². The van der Waals surface area contributed by atoms with Gasteiger partial charge in [-0.2, -0.15) is 5.26 Å². The number of ketones is 1. The lowest BCUT2D eigenvalue weighted by atomic mass is 9.95. The van der Waals surface area contributed by atoms with Crippen LogP contribution in [0.5, 0.6) is 0 Å². The molecule has 1 aliphatic heterocycles. The lowest BCUT2D eigenvalue weighted by Gasteiger charge is -2.39. The monoisotopic (exact) mass is 409 g/mol. The molecule has 0 N–H and O–H groups in total. The molecule has 156 valence electrons. The Labute approximate surface area is 184 Å². The molecule has 4 rings (SSSR count). The van der Waals surface area contributed by atoms with Gasteiger partial charge in [-0.15, -0.1) is 0 Å². The van der Waals surface area contributed by atoms with Crippen LogP contribution in [0.4, 0.5) is 0 Å². The average Bonchev–Trinajstić information content (AvgIpc) is 2.83. The van der Waals surface area contributed by atoms with Crippen molar-refractivity contribution in [3.63, 3.8) is 0 Å². The van der Waals surface area contributed by atoms with Crippen molar-refractivity contribution in [2.75, 3.05) is 32.7 Å². The van der Waals surface area contributed by atoms with Gasteiger partial charge in [0.15, 0.2) is 5.78 Å². The lowest BCUT2D eigenvalue weighted by molar-refractivity contribution is -0.121. The molecule has 31 heavy (non-hydrogen) atoms. The van der Waals surface area contributed by atoms with E-state index in [2.05, 4.69) is 64.4 Å². The maximum absolute atomic E-state index is 12.8. The number of rotatable bonds is 7. The molecule has 1 heterocycles. The Hall–Kier alpha value is -3.26. The van der Waals surface area contributed by atoms with E-state index in [9.17, 15) is 10.1 Å². The van der Waals surface area contributed by atoms with Crippen LogP contribution in [0.3, 0.4) is 0 Å². The Kier molecular flexibility index (Phi) is 6.89. The molecular weight excluding hydrogens is 382 g/mol. The highest BCUT2D eigenvalue weighted by molar-refractivity contribution is 5.90. The number of hydrogen-bond acceptors (Lipinski definition) is 4. The molecule has 0 radical (unpaired) electrons. The van der Waals surface area contributed by atoms with Gasteiger partial charge in [-0.3, -0.25) is 14.6 Å².